The van der Waals surface area contributed by atoms with E-state index in [-0.39, 0.29) is 24.7 Å². The zero-order valence-electron chi connectivity index (χ0n) is 22.9. The first-order valence-electron chi connectivity index (χ1n) is 13.3. The molecule has 0 saturated heterocycles. The molecule has 43 heavy (non-hydrogen) atoms. The normalized spacial score (nSPS) is 17.8. The Morgan fingerprint density at radius 2 is 1.77 bits per heavy atom. The Bertz CT molecular complexity index is 1800. The van der Waals surface area contributed by atoms with Crippen molar-refractivity contribution in [2.45, 2.75) is 63.9 Å². The summed E-state index contributed by atoms with van der Waals surface area (Å²) in [6, 6.07) is 0.423. The average Bonchev–Trinajstić information content (AvgIpc) is 2.92. The molecule has 0 bridgehead atoms. The van der Waals surface area contributed by atoms with E-state index in [4.69, 9.17) is 0 Å². The van der Waals surface area contributed by atoms with Gasteiger partial charge in [0.1, 0.15) is 11.4 Å². The minimum Gasteiger partial charge on any atom is -0.386 e. The fraction of sp³-hybridized carbons (Fsp3) is 0.393. The van der Waals surface area contributed by atoms with Crippen LogP contribution in [0.4, 0.5) is 32.0 Å². The maximum Gasteiger partial charge on any atom is 0.423 e. The van der Waals surface area contributed by atoms with Gasteiger partial charge >= 0.3 is 6.18 Å². The molecule has 3 N–H and O–H groups in total. The number of pyridine rings is 1. The van der Waals surface area contributed by atoms with E-state index in [1.807, 2.05) is 0 Å². The van der Waals surface area contributed by atoms with E-state index < -0.39 is 74.0 Å². The number of rotatable bonds is 6. The highest BCUT2D eigenvalue weighted by atomic mass is 19.4. The highest BCUT2D eigenvalue weighted by Gasteiger charge is 2.38. The number of aliphatic hydroxyl groups is 1. The Kier molecular flexibility index (Phi) is 7.79. The molecule has 2 atom stereocenters. The minimum absolute atomic E-state index is 0.103. The van der Waals surface area contributed by atoms with Gasteiger partial charge in [-0.15, -0.1) is 0 Å². The number of aromatic amines is 1. The van der Waals surface area contributed by atoms with E-state index in [2.05, 4.69) is 20.4 Å². The van der Waals surface area contributed by atoms with E-state index in [0.29, 0.717) is 24.8 Å². The highest BCUT2D eigenvalue weighted by molar-refractivity contribution is 5.87. The molecule has 5 rings (SSSR count). The van der Waals surface area contributed by atoms with Crippen molar-refractivity contribution in [1.29, 1.82) is 0 Å². The van der Waals surface area contributed by atoms with Gasteiger partial charge in [0.25, 0.3) is 11.1 Å². The van der Waals surface area contributed by atoms with Crippen molar-refractivity contribution in [3.8, 4) is 11.4 Å². The molecule has 0 spiro atoms. The van der Waals surface area contributed by atoms with Crippen LogP contribution in [0.15, 0.2) is 40.4 Å². The fourth-order valence-corrected chi connectivity index (χ4v) is 5.39. The number of anilines is 1. The van der Waals surface area contributed by atoms with Crippen LogP contribution < -0.4 is 16.4 Å². The molecule has 1 aromatic carbocycles. The lowest BCUT2D eigenvalue weighted by atomic mass is 9.85. The molecule has 0 radical (unpaired) electrons. The summed E-state index contributed by atoms with van der Waals surface area (Å²) in [6.07, 6.45) is 1.07. The van der Waals surface area contributed by atoms with Crippen LogP contribution in [0.3, 0.4) is 0 Å². The molecule has 1 saturated carbocycles. The summed E-state index contributed by atoms with van der Waals surface area (Å²) < 4.78 is 87.0. The second-order valence-electron chi connectivity index (χ2n) is 11.1. The maximum atomic E-state index is 15.3. The Balaban J connectivity index is 1.42. The molecular formula is C28H26F6N6O3. The van der Waals surface area contributed by atoms with Gasteiger partial charge < -0.3 is 15.0 Å². The van der Waals surface area contributed by atoms with Gasteiger partial charge in [0, 0.05) is 42.1 Å². The van der Waals surface area contributed by atoms with Crippen LogP contribution in [0.25, 0.3) is 22.2 Å². The average molecular weight is 609 g/mol. The third-order valence-electron chi connectivity index (χ3n) is 7.54. The lowest BCUT2D eigenvalue weighted by molar-refractivity contribution is -0.138. The molecule has 4 aromatic rings. The molecular weight excluding hydrogens is 582 g/mol. The van der Waals surface area contributed by atoms with Gasteiger partial charge in [-0.25, -0.2) is 28.2 Å². The molecule has 1 aliphatic carbocycles. The number of H-pyrrole nitrogens is 1. The fourth-order valence-electron chi connectivity index (χ4n) is 5.39. The number of halogens is 6. The van der Waals surface area contributed by atoms with Crippen molar-refractivity contribution < 1.29 is 31.4 Å². The van der Waals surface area contributed by atoms with Gasteiger partial charge in [-0.2, -0.15) is 18.3 Å². The number of hydrogen-bond acceptors (Lipinski definition) is 7. The lowest BCUT2D eigenvalue weighted by Gasteiger charge is -2.31. The van der Waals surface area contributed by atoms with E-state index in [9.17, 15) is 27.9 Å². The summed E-state index contributed by atoms with van der Waals surface area (Å²) in [5.41, 5.74) is -5.72. The Hall–Kier alpha value is -4.27. The number of hydrogen-bond donors (Lipinski definition) is 3. The standard InChI is InChI=1S/C28H26F6N6O3/c1-27(2,43)14-8-35-24(36-9-14)17-7-16-18(29)12-40(26(42)20(16)23(31)22(17)30)11-13-4-3-5-15(6-13)38-19-10-37-39-25(41)21(19)28(32,33)34/h7-10,12-13,15,43H,3-6,11H2,1-2H3,(H2,38,39,41)/t13-,15+/m1/s1. The van der Waals surface area contributed by atoms with Gasteiger partial charge in [0.15, 0.2) is 17.5 Å². The van der Waals surface area contributed by atoms with E-state index in [1.54, 1.807) is 5.10 Å². The minimum atomic E-state index is -4.92. The molecule has 1 fully saturated rings. The third-order valence-corrected chi connectivity index (χ3v) is 7.54. The zero-order chi connectivity index (χ0) is 31.3. The van der Waals surface area contributed by atoms with Crippen LogP contribution in [0.1, 0.15) is 50.7 Å². The van der Waals surface area contributed by atoms with Gasteiger partial charge in [-0.05, 0) is 45.1 Å². The molecule has 15 heteroatoms. The Labute approximate surface area is 239 Å². The topological polar surface area (TPSA) is 126 Å². The first-order valence-corrected chi connectivity index (χ1v) is 13.3. The maximum absolute atomic E-state index is 15.3. The lowest BCUT2D eigenvalue weighted by Crippen LogP contribution is -2.34. The van der Waals surface area contributed by atoms with Crippen LogP contribution in [0.2, 0.25) is 0 Å². The van der Waals surface area contributed by atoms with Gasteiger partial charge in [-0.3, -0.25) is 9.59 Å². The summed E-state index contributed by atoms with van der Waals surface area (Å²) in [4.78, 5) is 32.9. The SMILES string of the molecule is CC(C)(O)c1cnc(-c2cc3c(F)cn(C[C@@H]4CCC[C@H](Nc5cn[nH]c(=O)c5C(F)(F)F)C4)c(=O)c3c(F)c2F)nc1. The summed E-state index contributed by atoms with van der Waals surface area (Å²) in [7, 11) is 0. The van der Waals surface area contributed by atoms with Crippen LogP contribution in [-0.2, 0) is 18.3 Å². The van der Waals surface area contributed by atoms with Crippen LogP contribution >= 0.6 is 0 Å². The van der Waals surface area contributed by atoms with Crippen molar-refractivity contribution in [3.63, 3.8) is 0 Å². The molecule has 0 unspecified atom stereocenters. The summed E-state index contributed by atoms with van der Waals surface area (Å²) in [5.74, 6) is -4.64. The van der Waals surface area contributed by atoms with Gasteiger partial charge in [0.2, 0.25) is 0 Å². The van der Waals surface area contributed by atoms with E-state index in [1.165, 1.54) is 26.2 Å². The Morgan fingerprint density at radius 1 is 1.07 bits per heavy atom. The number of nitrogens with zero attached hydrogens (tertiary/aromatic N) is 4. The predicted molar refractivity (Wildman–Crippen MR) is 144 cm³/mol. The predicted octanol–water partition coefficient (Wildman–Crippen LogP) is 4.88. The van der Waals surface area contributed by atoms with Crippen molar-refractivity contribution >= 4 is 16.5 Å². The van der Waals surface area contributed by atoms with Crippen LogP contribution in [-0.4, -0.2) is 35.9 Å². The molecule has 1 aliphatic rings. The van der Waals surface area contributed by atoms with E-state index in [0.717, 1.165) is 23.0 Å². The van der Waals surface area contributed by atoms with Crippen LogP contribution in [0.5, 0.6) is 0 Å². The van der Waals surface area contributed by atoms with Crippen molar-refractivity contribution in [2.75, 3.05) is 5.32 Å². The highest BCUT2D eigenvalue weighted by Crippen LogP contribution is 2.35. The molecule has 9 nitrogen and oxygen atoms in total. The molecule has 0 amide bonds. The van der Waals surface area contributed by atoms with Gasteiger partial charge in [-0.1, -0.05) is 6.42 Å². The van der Waals surface area contributed by atoms with Crippen LogP contribution in [0, 0.1) is 23.4 Å². The quantitative estimate of drug-likeness (QED) is 0.267. The number of nitrogens with one attached hydrogen (secondary N) is 2. The summed E-state index contributed by atoms with van der Waals surface area (Å²) in [6.45, 7) is 2.87. The second-order valence-corrected chi connectivity index (χ2v) is 11.1. The monoisotopic (exact) mass is 608 g/mol. The second kappa shape index (κ2) is 11.1. The molecule has 228 valence electrons. The van der Waals surface area contributed by atoms with Crippen molar-refractivity contribution in [3.05, 3.63) is 80.1 Å². The van der Waals surface area contributed by atoms with Gasteiger partial charge in [0.05, 0.1) is 28.4 Å². The molecule has 0 aliphatic heterocycles. The molecule has 3 heterocycles. The Morgan fingerprint density at radius 3 is 2.42 bits per heavy atom. The zero-order valence-corrected chi connectivity index (χ0v) is 22.9. The largest absolute Gasteiger partial charge is 0.423 e. The van der Waals surface area contributed by atoms with Crippen molar-refractivity contribution in [1.82, 2.24) is 24.7 Å². The first kappa shape index (κ1) is 30.2. The number of fused-ring (bicyclic) bond motifs is 1. The summed E-state index contributed by atoms with van der Waals surface area (Å²) in [5, 5.41) is 16.7. The third kappa shape index (κ3) is 5.98. The number of aromatic nitrogens is 5. The number of benzene rings is 1. The molecule has 3 aromatic heterocycles. The van der Waals surface area contributed by atoms with E-state index >= 15 is 13.2 Å². The van der Waals surface area contributed by atoms with Crippen molar-refractivity contribution in [2.24, 2.45) is 5.92 Å². The first-order chi connectivity index (χ1) is 20.1. The smallest absolute Gasteiger partial charge is 0.386 e. The summed E-state index contributed by atoms with van der Waals surface area (Å²) >= 11 is 0. The number of alkyl halides is 3.